The summed E-state index contributed by atoms with van der Waals surface area (Å²) in [5.74, 6) is 1.75. The van der Waals surface area contributed by atoms with E-state index in [1.54, 1.807) is 6.20 Å². The first-order valence-corrected chi connectivity index (χ1v) is 6.84. The van der Waals surface area contributed by atoms with Crippen molar-refractivity contribution in [1.29, 1.82) is 0 Å². The lowest BCUT2D eigenvalue weighted by Gasteiger charge is -2.12. The fourth-order valence-corrected chi connectivity index (χ4v) is 1.93. The third-order valence-electron chi connectivity index (χ3n) is 3.11. The number of hydrogen-bond donors (Lipinski definition) is 3. The molecule has 3 rings (SSSR count). The normalized spacial score (nSPS) is 10.2. The Labute approximate surface area is 128 Å². The summed E-state index contributed by atoms with van der Waals surface area (Å²) in [7, 11) is 0. The molecule has 0 saturated carbocycles. The van der Waals surface area contributed by atoms with Crippen LogP contribution in [0.4, 0.5) is 28.8 Å². The molecule has 0 saturated heterocycles. The number of anilines is 5. The van der Waals surface area contributed by atoms with Crippen LogP contribution in [0, 0.1) is 6.92 Å². The van der Waals surface area contributed by atoms with Gasteiger partial charge in [0, 0.05) is 11.9 Å². The molecule has 0 aliphatic carbocycles. The van der Waals surface area contributed by atoms with Crippen molar-refractivity contribution < 1.29 is 0 Å². The Balaban J connectivity index is 1.84. The van der Waals surface area contributed by atoms with Crippen LogP contribution in [0.1, 0.15) is 5.56 Å². The molecular formula is C16H16N6. The van der Waals surface area contributed by atoms with Gasteiger partial charge in [0.05, 0.1) is 0 Å². The van der Waals surface area contributed by atoms with Gasteiger partial charge in [-0.1, -0.05) is 23.8 Å². The highest BCUT2D eigenvalue weighted by Crippen LogP contribution is 2.27. The Morgan fingerprint density at radius 2 is 1.59 bits per heavy atom. The first-order chi connectivity index (χ1) is 10.7. The molecule has 0 aliphatic heterocycles. The number of pyridine rings is 1. The Hall–Kier alpha value is -3.15. The predicted molar refractivity (Wildman–Crippen MR) is 88.4 cm³/mol. The van der Waals surface area contributed by atoms with E-state index in [4.69, 9.17) is 5.73 Å². The van der Waals surface area contributed by atoms with Gasteiger partial charge in [0.1, 0.15) is 17.8 Å². The highest BCUT2D eigenvalue weighted by molar-refractivity contribution is 5.79. The number of nitrogen functional groups attached to an aromatic ring is 1. The topological polar surface area (TPSA) is 88.8 Å². The minimum atomic E-state index is 0.439. The maximum Gasteiger partial charge on any atom is 0.160 e. The number of hydrogen-bond acceptors (Lipinski definition) is 6. The summed E-state index contributed by atoms with van der Waals surface area (Å²) in [6.07, 6.45) is 3.16. The molecule has 3 aromatic rings. The van der Waals surface area contributed by atoms with Crippen LogP contribution >= 0.6 is 0 Å². The second-order valence-corrected chi connectivity index (χ2v) is 4.82. The van der Waals surface area contributed by atoms with Gasteiger partial charge in [-0.05, 0) is 31.2 Å². The van der Waals surface area contributed by atoms with Gasteiger partial charge in [0.2, 0.25) is 0 Å². The summed E-state index contributed by atoms with van der Waals surface area (Å²) >= 11 is 0. The fraction of sp³-hybridized carbons (Fsp3) is 0.0625. The molecule has 6 heteroatoms. The van der Waals surface area contributed by atoms with Crippen LogP contribution in [-0.4, -0.2) is 15.0 Å². The molecule has 2 aromatic heterocycles. The van der Waals surface area contributed by atoms with Crippen molar-refractivity contribution in [1.82, 2.24) is 15.0 Å². The number of benzene rings is 1. The molecule has 0 atom stereocenters. The number of aromatic nitrogens is 3. The number of aryl methyl sites for hydroxylation is 1. The minimum Gasteiger partial charge on any atom is -0.393 e. The van der Waals surface area contributed by atoms with Crippen molar-refractivity contribution in [3.8, 4) is 0 Å². The zero-order chi connectivity index (χ0) is 15.4. The van der Waals surface area contributed by atoms with E-state index in [9.17, 15) is 0 Å². The van der Waals surface area contributed by atoms with E-state index < -0.39 is 0 Å². The number of nitrogens with one attached hydrogen (secondary N) is 2. The van der Waals surface area contributed by atoms with Crippen LogP contribution in [0.25, 0.3) is 0 Å². The minimum absolute atomic E-state index is 0.439. The van der Waals surface area contributed by atoms with Crippen LogP contribution in [0.5, 0.6) is 0 Å². The Morgan fingerprint density at radius 1 is 0.864 bits per heavy atom. The lowest BCUT2D eigenvalue weighted by molar-refractivity contribution is 1.16. The van der Waals surface area contributed by atoms with E-state index in [0.717, 1.165) is 5.69 Å². The SMILES string of the molecule is Cc1ccc(Nc2ncnc(Nc3ccccn3)c2N)cc1. The third-order valence-corrected chi connectivity index (χ3v) is 3.11. The third kappa shape index (κ3) is 3.12. The predicted octanol–water partition coefficient (Wildman–Crippen LogP) is 3.25. The summed E-state index contributed by atoms with van der Waals surface area (Å²) in [6, 6.07) is 13.6. The summed E-state index contributed by atoms with van der Waals surface area (Å²) < 4.78 is 0. The fourth-order valence-electron chi connectivity index (χ4n) is 1.93. The van der Waals surface area contributed by atoms with Gasteiger partial charge in [-0.3, -0.25) is 0 Å². The first kappa shape index (κ1) is 13.8. The van der Waals surface area contributed by atoms with Gasteiger partial charge in [0.25, 0.3) is 0 Å². The van der Waals surface area contributed by atoms with Gasteiger partial charge in [-0.25, -0.2) is 15.0 Å². The molecule has 2 heterocycles. The number of nitrogens with zero attached hydrogens (tertiary/aromatic N) is 3. The molecule has 4 N–H and O–H groups in total. The molecule has 1 aromatic carbocycles. The highest BCUT2D eigenvalue weighted by atomic mass is 15.1. The first-order valence-electron chi connectivity index (χ1n) is 6.84. The van der Waals surface area contributed by atoms with E-state index in [0.29, 0.717) is 23.1 Å². The maximum absolute atomic E-state index is 6.13. The van der Waals surface area contributed by atoms with E-state index in [2.05, 4.69) is 25.6 Å². The lowest BCUT2D eigenvalue weighted by Crippen LogP contribution is -2.05. The molecule has 0 aliphatic rings. The zero-order valence-corrected chi connectivity index (χ0v) is 12.1. The average Bonchev–Trinajstić information content (AvgIpc) is 2.54. The van der Waals surface area contributed by atoms with Gasteiger partial charge in [-0.15, -0.1) is 0 Å². The second-order valence-electron chi connectivity index (χ2n) is 4.82. The summed E-state index contributed by atoms with van der Waals surface area (Å²) in [6.45, 7) is 2.04. The average molecular weight is 292 g/mol. The van der Waals surface area contributed by atoms with Crippen molar-refractivity contribution in [2.75, 3.05) is 16.4 Å². The van der Waals surface area contributed by atoms with E-state index in [-0.39, 0.29) is 0 Å². The summed E-state index contributed by atoms with van der Waals surface area (Å²) in [5.41, 5.74) is 8.68. The van der Waals surface area contributed by atoms with Crippen LogP contribution in [-0.2, 0) is 0 Å². The molecule has 6 nitrogen and oxygen atoms in total. The van der Waals surface area contributed by atoms with Gasteiger partial charge < -0.3 is 16.4 Å². The number of rotatable bonds is 4. The van der Waals surface area contributed by atoms with Crippen LogP contribution in [0.3, 0.4) is 0 Å². The maximum atomic E-state index is 6.13. The molecular weight excluding hydrogens is 276 g/mol. The largest absolute Gasteiger partial charge is 0.393 e. The Morgan fingerprint density at radius 3 is 2.27 bits per heavy atom. The van der Waals surface area contributed by atoms with Crippen molar-refractivity contribution in [2.24, 2.45) is 0 Å². The molecule has 0 unspecified atom stereocenters. The molecule has 0 fully saturated rings. The molecule has 0 spiro atoms. The summed E-state index contributed by atoms with van der Waals surface area (Å²) in [4.78, 5) is 12.5. The van der Waals surface area contributed by atoms with Crippen molar-refractivity contribution >= 4 is 28.8 Å². The Bertz CT molecular complexity index is 755. The van der Waals surface area contributed by atoms with Crippen molar-refractivity contribution in [2.45, 2.75) is 6.92 Å². The van der Waals surface area contributed by atoms with Gasteiger partial charge in [0.15, 0.2) is 11.6 Å². The van der Waals surface area contributed by atoms with E-state index >= 15 is 0 Å². The summed E-state index contributed by atoms with van der Waals surface area (Å²) in [5, 5.41) is 6.27. The van der Waals surface area contributed by atoms with Gasteiger partial charge >= 0.3 is 0 Å². The van der Waals surface area contributed by atoms with Crippen molar-refractivity contribution in [3.63, 3.8) is 0 Å². The standard InChI is InChI=1S/C16H16N6/c1-11-5-7-12(8-6-11)21-15-14(17)16(20-10-19-15)22-13-4-2-3-9-18-13/h2-10H,17H2,1H3,(H2,18,19,20,21,22). The van der Waals surface area contributed by atoms with E-state index in [1.165, 1.54) is 11.9 Å². The lowest BCUT2D eigenvalue weighted by atomic mass is 10.2. The molecule has 0 radical (unpaired) electrons. The monoisotopic (exact) mass is 292 g/mol. The van der Waals surface area contributed by atoms with Gasteiger partial charge in [-0.2, -0.15) is 0 Å². The van der Waals surface area contributed by atoms with Crippen LogP contribution in [0.2, 0.25) is 0 Å². The molecule has 0 bridgehead atoms. The molecule has 0 amide bonds. The molecule has 110 valence electrons. The van der Waals surface area contributed by atoms with Crippen molar-refractivity contribution in [3.05, 3.63) is 60.6 Å². The van der Waals surface area contributed by atoms with E-state index in [1.807, 2.05) is 49.4 Å². The zero-order valence-electron chi connectivity index (χ0n) is 12.1. The Kier molecular flexibility index (Phi) is 3.82. The highest BCUT2D eigenvalue weighted by Gasteiger charge is 2.09. The van der Waals surface area contributed by atoms with Crippen LogP contribution < -0.4 is 16.4 Å². The van der Waals surface area contributed by atoms with Crippen LogP contribution in [0.15, 0.2) is 55.0 Å². The quantitative estimate of drug-likeness (QED) is 0.684. The second kappa shape index (κ2) is 6.09. The number of nitrogens with two attached hydrogens (primary N) is 1. The molecule has 22 heavy (non-hydrogen) atoms. The smallest absolute Gasteiger partial charge is 0.160 e.